The predicted molar refractivity (Wildman–Crippen MR) is 140 cm³/mol. The van der Waals surface area contributed by atoms with Crippen molar-refractivity contribution in [2.45, 2.75) is 25.1 Å². The van der Waals surface area contributed by atoms with Crippen molar-refractivity contribution in [3.63, 3.8) is 0 Å². The minimum absolute atomic E-state index is 0.00782. The molecule has 2 amide bonds. The van der Waals surface area contributed by atoms with Crippen molar-refractivity contribution < 1.29 is 19.1 Å². The molecule has 1 aliphatic heterocycles. The summed E-state index contributed by atoms with van der Waals surface area (Å²) in [6.45, 7) is 2.42. The van der Waals surface area contributed by atoms with Gasteiger partial charge in [-0.25, -0.2) is 9.79 Å². The molecular weight excluding hydrogens is 506 g/mol. The number of amides is 2. The summed E-state index contributed by atoms with van der Waals surface area (Å²) >= 11 is 8.71. The molecule has 1 N–H and O–H groups in total. The summed E-state index contributed by atoms with van der Waals surface area (Å²) in [6.07, 6.45) is 0.00782. The van der Waals surface area contributed by atoms with Crippen LogP contribution in [0.4, 0.5) is 11.4 Å². The highest BCUT2D eigenvalue weighted by Crippen LogP contribution is 2.33. The van der Waals surface area contributed by atoms with Crippen LogP contribution in [0.5, 0.6) is 0 Å². The number of hydrogen-bond donors (Lipinski definition) is 1. The van der Waals surface area contributed by atoms with Gasteiger partial charge in [-0.15, -0.1) is 11.3 Å². The largest absolute Gasteiger partial charge is 0.462 e. The first kappa shape index (κ1) is 25.0. The lowest BCUT2D eigenvalue weighted by molar-refractivity contribution is -0.128. The standard InChI is InChI=1S/C25H22ClN3O4S2/c1-2-33-24(32)16-5-9-19(10-6-16)28-25-29(15-20-4-3-13-34-20)23(31)21(35-25)14-22(30)27-18-11-7-17(26)8-12-18/h3-13,21H,2,14-15H2,1H3,(H,27,30)/t21-/m0/s1. The van der Waals surface area contributed by atoms with Gasteiger partial charge in [-0.05, 0) is 66.9 Å². The zero-order valence-electron chi connectivity index (χ0n) is 18.8. The van der Waals surface area contributed by atoms with E-state index >= 15 is 0 Å². The van der Waals surface area contributed by atoms with Gasteiger partial charge < -0.3 is 10.1 Å². The molecule has 1 atom stereocenters. The molecule has 1 fully saturated rings. The van der Waals surface area contributed by atoms with Crippen LogP contribution in [0.2, 0.25) is 5.02 Å². The van der Waals surface area contributed by atoms with E-state index in [0.717, 1.165) is 4.88 Å². The number of nitrogens with one attached hydrogen (secondary N) is 1. The Hall–Kier alpha value is -3.14. The summed E-state index contributed by atoms with van der Waals surface area (Å²) in [4.78, 5) is 45.1. The van der Waals surface area contributed by atoms with E-state index in [-0.39, 0.29) is 18.2 Å². The lowest BCUT2D eigenvalue weighted by Crippen LogP contribution is -2.32. The first-order valence-electron chi connectivity index (χ1n) is 10.8. The lowest BCUT2D eigenvalue weighted by Gasteiger charge is -2.15. The number of hydrogen-bond acceptors (Lipinski definition) is 7. The molecule has 2 aromatic carbocycles. The Kier molecular flexibility index (Phi) is 8.22. The van der Waals surface area contributed by atoms with Crippen molar-refractivity contribution in [3.05, 3.63) is 81.5 Å². The van der Waals surface area contributed by atoms with E-state index in [1.165, 1.54) is 11.8 Å². The predicted octanol–water partition coefficient (Wildman–Crippen LogP) is 5.74. The van der Waals surface area contributed by atoms with Crippen molar-refractivity contribution in [1.82, 2.24) is 4.90 Å². The smallest absolute Gasteiger partial charge is 0.338 e. The second-order valence-corrected chi connectivity index (χ2v) is 10.2. The van der Waals surface area contributed by atoms with Crippen LogP contribution in [-0.2, 0) is 20.9 Å². The average Bonchev–Trinajstić information content (AvgIpc) is 3.45. The third-order valence-electron chi connectivity index (χ3n) is 5.02. The molecule has 7 nitrogen and oxygen atoms in total. The molecule has 10 heteroatoms. The summed E-state index contributed by atoms with van der Waals surface area (Å²) in [5, 5.41) is 5.24. The Morgan fingerprint density at radius 2 is 1.86 bits per heavy atom. The molecule has 0 bridgehead atoms. The summed E-state index contributed by atoms with van der Waals surface area (Å²) in [5.74, 6) is -0.839. The fraction of sp³-hybridized carbons (Fsp3) is 0.200. The maximum atomic E-state index is 13.3. The number of amidine groups is 1. The number of aliphatic imine (C=N–C) groups is 1. The van der Waals surface area contributed by atoms with Crippen molar-refractivity contribution in [2.75, 3.05) is 11.9 Å². The number of ether oxygens (including phenoxy) is 1. The normalized spacial score (nSPS) is 16.5. The monoisotopic (exact) mass is 527 g/mol. The van der Waals surface area contributed by atoms with E-state index in [1.54, 1.807) is 71.7 Å². The minimum Gasteiger partial charge on any atom is -0.462 e. The number of anilines is 1. The zero-order valence-corrected chi connectivity index (χ0v) is 21.2. The van der Waals surface area contributed by atoms with E-state index in [1.807, 2.05) is 17.5 Å². The molecule has 0 spiro atoms. The minimum atomic E-state index is -0.597. The first-order valence-corrected chi connectivity index (χ1v) is 13.0. The van der Waals surface area contributed by atoms with Crippen LogP contribution in [0, 0.1) is 0 Å². The number of thiophene rings is 1. The summed E-state index contributed by atoms with van der Waals surface area (Å²) in [7, 11) is 0. The molecule has 2 heterocycles. The van der Waals surface area contributed by atoms with Gasteiger partial charge in [0.25, 0.3) is 0 Å². The van der Waals surface area contributed by atoms with Gasteiger partial charge in [0.2, 0.25) is 11.8 Å². The van der Waals surface area contributed by atoms with Gasteiger partial charge in [0, 0.05) is 22.0 Å². The van der Waals surface area contributed by atoms with Gasteiger partial charge in [0.15, 0.2) is 5.17 Å². The van der Waals surface area contributed by atoms with Crippen molar-refractivity contribution >= 4 is 69.0 Å². The number of esters is 1. The van der Waals surface area contributed by atoms with Crippen LogP contribution in [0.3, 0.4) is 0 Å². The highest BCUT2D eigenvalue weighted by molar-refractivity contribution is 8.15. The first-order chi connectivity index (χ1) is 16.9. The van der Waals surface area contributed by atoms with E-state index < -0.39 is 11.2 Å². The molecule has 1 aromatic heterocycles. The number of halogens is 1. The Bertz CT molecular complexity index is 1230. The molecule has 0 unspecified atom stereocenters. The number of carbonyl (C=O) groups is 3. The van der Waals surface area contributed by atoms with Gasteiger partial charge in [-0.2, -0.15) is 0 Å². The van der Waals surface area contributed by atoms with Crippen LogP contribution in [0.25, 0.3) is 0 Å². The van der Waals surface area contributed by atoms with E-state index in [2.05, 4.69) is 10.3 Å². The van der Waals surface area contributed by atoms with Crippen molar-refractivity contribution in [1.29, 1.82) is 0 Å². The molecule has 0 aliphatic carbocycles. The SMILES string of the molecule is CCOC(=O)c1ccc(N=C2S[C@@H](CC(=O)Nc3ccc(Cl)cc3)C(=O)N2Cc2cccs2)cc1. The Balaban J connectivity index is 1.51. The van der Waals surface area contributed by atoms with Gasteiger partial charge in [0.1, 0.15) is 5.25 Å². The summed E-state index contributed by atoms with van der Waals surface area (Å²) < 4.78 is 5.02. The lowest BCUT2D eigenvalue weighted by atomic mass is 10.2. The molecule has 35 heavy (non-hydrogen) atoms. The maximum Gasteiger partial charge on any atom is 0.338 e. The number of benzene rings is 2. The van der Waals surface area contributed by atoms with Gasteiger partial charge in [-0.3, -0.25) is 14.5 Å². The van der Waals surface area contributed by atoms with Gasteiger partial charge in [0.05, 0.1) is 24.4 Å². The van der Waals surface area contributed by atoms with E-state index in [4.69, 9.17) is 16.3 Å². The Morgan fingerprint density at radius 1 is 1.11 bits per heavy atom. The van der Waals surface area contributed by atoms with E-state index in [9.17, 15) is 14.4 Å². The third-order valence-corrected chi connectivity index (χ3v) is 7.30. The van der Waals surface area contributed by atoms with Crippen LogP contribution in [0.15, 0.2) is 71.0 Å². The molecule has 0 radical (unpaired) electrons. The molecule has 180 valence electrons. The average molecular weight is 528 g/mol. The van der Waals surface area contributed by atoms with Crippen LogP contribution in [0.1, 0.15) is 28.6 Å². The van der Waals surface area contributed by atoms with Crippen LogP contribution in [-0.4, -0.2) is 39.7 Å². The van der Waals surface area contributed by atoms with E-state index in [0.29, 0.717) is 40.3 Å². The number of rotatable bonds is 8. The van der Waals surface area contributed by atoms with Crippen LogP contribution >= 0.6 is 34.7 Å². The quantitative estimate of drug-likeness (QED) is 0.377. The molecule has 0 saturated carbocycles. The van der Waals surface area contributed by atoms with Crippen LogP contribution < -0.4 is 5.32 Å². The Labute approximate surface area is 216 Å². The highest BCUT2D eigenvalue weighted by Gasteiger charge is 2.39. The fourth-order valence-corrected chi connectivity index (χ4v) is 5.32. The summed E-state index contributed by atoms with van der Waals surface area (Å²) in [6, 6.07) is 17.4. The van der Waals surface area contributed by atoms with Gasteiger partial charge >= 0.3 is 5.97 Å². The number of thioether (sulfide) groups is 1. The third kappa shape index (κ3) is 6.50. The zero-order chi connectivity index (χ0) is 24.8. The number of nitrogens with zero attached hydrogens (tertiary/aromatic N) is 2. The van der Waals surface area contributed by atoms with Gasteiger partial charge in [-0.1, -0.05) is 29.4 Å². The van der Waals surface area contributed by atoms with Crippen molar-refractivity contribution in [2.24, 2.45) is 4.99 Å². The molecule has 3 aromatic rings. The topological polar surface area (TPSA) is 88.1 Å². The highest BCUT2D eigenvalue weighted by atomic mass is 35.5. The summed E-state index contributed by atoms with van der Waals surface area (Å²) in [5.41, 5.74) is 1.63. The molecule has 4 rings (SSSR count). The number of carbonyl (C=O) groups excluding carboxylic acids is 3. The Morgan fingerprint density at radius 3 is 2.51 bits per heavy atom. The second-order valence-electron chi connectivity index (χ2n) is 7.53. The second kappa shape index (κ2) is 11.5. The molecule has 1 aliphatic rings. The molecule has 1 saturated heterocycles. The molecular formula is C25H22ClN3O4S2. The fourth-order valence-electron chi connectivity index (χ4n) is 3.34. The maximum absolute atomic E-state index is 13.3. The van der Waals surface area contributed by atoms with Crippen molar-refractivity contribution in [3.8, 4) is 0 Å².